The highest BCUT2D eigenvalue weighted by Crippen LogP contribution is 2.06. The van der Waals surface area contributed by atoms with Gasteiger partial charge in [0.2, 0.25) is 0 Å². The molecule has 0 spiro atoms. The van der Waals surface area contributed by atoms with Gasteiger partial charge in [0, 0.05) is 12.8 Å². The molecule has 0 aliphatic carbocycles. The van der Waals surface area contributed by atoms with Crippen molar-refractivity contribution >= 4 is 9.84 Å². The number of hydrogen-bond donors (Lipinski definition) is 1. The van der Waals surface area contributed by atoms with Gasteiger partial charge in [0.05, 0.1) is 18.0 Å². The van der Waals surface area contributed by atoms with Crippen molar-refractivity contribution < 1.29 is 8.42 Å². The maximum Gasteiger partial charge on any atom is 0.170 e. The number of nitrogens with one attached hydrogen (secondary N) is 1. The smallest absolute Gasteiger partial charge is 0.170 e. The van der Waals surface area contributed by atoms with Crippen LogP contribution in [0.4, 0.5) is 0 Å². The van der Waals surface area contributed by atoms with Crippen molar-refractivity contribution in [2.24, 2.45) is 0 Å². The Morgan fingerprint density at radius 3 is 2.68 bits per heavy atom. The first-order chi connectivity index (χ1) is 9.06. The quantitative estimate of drug-likeness (QED) is 0.737. The van der Waals surface area contributed by atoms with Crippen LogP contribution in [0.25, 0.3) is 5.69 Å². The van der Waals surface area contributed by atoms with E-state index in [1.165, 1.54) is 6.26 Å². The molecule has 0 aliphatic heterocycles. The molecule has 0 fully saturated rings. The summed E-state index contributed by atoms with van der Waals surface area (Å²) in [6, 6.07) is 9.51. The Labute approximate surface area is 111 Å². The number of rotatable bonds is 6. The molecule has 0 radical (unpaired) electrons. The third kappa shape index (κ3) is 4.11. The molecule has 1 N–H and O–H groups in total. The number of aromatic nitrogens is 4. The Morgan fingerprint density at radius 1 is 1.26 bits per heavy atom. The van der Waals surface area contributed by atoms with Crippen LogP contribution in [0, 0.1) is 0 Å². The number of sulfone groups is 1. The lowest BCUT2D eigenvalue weighted by atomic mass is 10.3. The third-order valence-electron chi connectivity index (χ3n) is 2.47. The lowest BCUT2D eigenvalue weighted by Crippen LogP contribution is -2.23. The first kappa shape index (κ1) is 13.6. The molecule has 1 aromatic heterocycles. The molecule has 0 saturated heterocycles. The first-order valence-corrected chi connectivity index (χ1v) is 7.83. The van der Waals surface area contributed by atoms with Gasteiger partial charge in [0.15, 0.2) is 5.82 Å². The Bertz CT molecular complexity index is 624. The van der Waals surface area contributed by atoms with E-state index < -0.39 is 9.84 Å². The van der Waals surface area contributed by atoms with Crippen LogP contribution in [-0.4, -0.2) is 47.2 Å². The van der Waals surface area contributed by atoms with Gasteiger partial charge in [0.25, 0.3) is 0 Å². The Hall–Kier alpha value is -1.80. The number of hydrogen-bond acceptors (Lipinski definition) is 6. The van der Waals surface area contributed by atoms with E-state index in [4.69, 9.17) is 0 Å². The van der Waals surface area contributed by atoms with Crippen molar-refractivity contribution in [1.82, 2.24) is 25.5 Å². The van der Waals surface area contributed by atoms with E-state index in [-0.39, 0.29) is 5.75 Å². The molecule has 8 heteroatoms. The Morgan fingerprint density at radius 2 is 2.00 bits per heavy atom. The molecule has 102 valence electrons. The maximum absolute atomic E-state index is 11.0. The summed E-state index contributed by atoms with van der Waals surface area (Å²) in [6.45, 7) is 0.790. The van der Waals surface area contributed by atoms with Crippen LogP contribution < -0.4 is 5.32 Å². The van der Waals surface area contributed by atoms with Gasteiger partial charge in [0.1, 0.15) is 9.84 Å². The van der Waals surface area contributed by atoms with Gasteiger partial charge >= 0.3 is 0 Å². The van der Waals surface area contributed by atoms with Gasteiger partial charge in [-0.1, -0.05) is 18.2 Å². The van der Waals surface area contributed by atoms with Crippen LogP contribution in [-0.2, 0) is 16.4 Å². The fourth-order valence-electron chi connectivity index (χ4n) is 1.54. The van der Waals surface area contributed by atoms with E-state index in [1.807, 2.05) is 30.3 Å². The molecule has 0 bridgehead atoms. The van der Waals surface area contributed by atoms with Crippen LogP contribution in [0.15, 0.2) is 30.3 Å². The summed E-state index contributed by atoms with van der Waals surface area (Å²) in [5.41, 5.74) is 0.868. The highest BCUT2D eigenvalue weighted by molar-refractivity contribution is 7.90. The topological polar surface area (TPSA) is 89.8 Å². The molecule has 19 heavy (non-hydrogen) atoms. The Kier molecular flexibility index (Phi) is 4.23. The second-order valence-corrected chi connectivity index (χ2v) is 6.41. The normalized spacial score (nSPS) is 11.6. The summed E-state index contributed by atoms with van der Waals surface area (Å²) in [7, 11) is -2.95. The largest absolute Gasteiger partial charge is 0.309 e. The molecule has 7 nitrogen and oxygen atoms in total. The van der Waals surface area contributed by atoms with E-state index in [0.29, 0.717) is 18.9 Å². The molecule has 2 aromatic rings. The van der Waals surface area contributed by atoms with E-state index in [1.54, 1.807) is 4.68 Å². The molecule has 1 aromatic carbocycles. The molecular formula is C11H15N5O2S. The predicted molar refractivity (Wildman–Crippen MR) is 70.6 cm³/mol. The third-order valence-corrected chi connectivity index (χ3v) is 3.41. The fourth-order valence-corrected chi connectivity index (χ4v) is 2.06. The first-order valence-electron chi connectivity index (χ1n) is 5.77. The number of tetrazole rings is 1. The number of nitrogens with zero attached hydrogens (tertiary/aromatic N) is 4. The summed E-state index contributed by atoms with van der Waals surface area (Å²) in [5.74, 6) is 0.736. The van der Waals surface area contributed by atoms with Gasteiger partial charge in [-0.25, -0.2) is 8.42 Å². The van der Waals surface area contributed by atoms with Gasteiger partial charge in [-0.05, 0) is 22.6 Å². The lowest BCUT2D eigenvalue weighted by Gasteiger charge is -2.05. The molecular weight excluding hydrogens is 266 g/mol. The van der Waals surface area contributed by atoms with Crippen molar-refractivity contribution in [3.8, 4) is 5.69 Å². The SMILES string of the molecule is CS(=O)(=O)CCNCc1nnnn1-c1ccccc1. The van der Waals surface area contributed by atoms with Crippen molar-refractivity contribution in [2.45, 2.75) is 6.54 Å². The highest BCUT2D eigenvalue weighted by atomic mass is 32.2. The lowest BCUT2D eigenvalue weighted by molar-refractivity contribution is 0.593. The number of para-hydroxylation sites is 1. The molecule has 0 amide bonds. The monoisotopic (exact) mass is 281 g/mol. The van der Waals surface area contributed by atoms with E-state index in [2.05, 4.69) is 20.8 Å². The van der Waals surface area contributed by atoms with Crippen LogP contribution in [0.3, 0.4) is 0 Å². The molecule has 0 aliphatic rings. The molecule has 1 heterocycles. The summed E-state index contributed by atoms with van der Waals surface area (Å²) in [5, 5.41) is 14.5. The van der Waals surface area contributed by atoms with Crippen LogP contribution in [0.2, 0.25) is 0 Å². The minimum absolute atomic E-state index is 0.0971. The van der Waals surface area contributed by atoms with Crippen molar-refractivity contribution in [2.75, 3.05) is 18.6 Å². The van der Waals surface area contributed by atoms with E-state index in [0.717, 1.165) is 5.69 Å². The van der Waals surface area contributed by atoms with Crippen molar-refractivity contribution in [3.05, 3.63) is 36.2 Å². The minimum atomic E-state index is -2.95. The minimum Gasteiger partial charge on any atom is -0.309 e. The van der Waals surface area contributed by atoms with Gasteiger partial charge < -0.3 is 5.32 Å². The highest BCUT2D eigenvalue weighted by Gasteiger charge is 2.08. The average Bonchev–Trinajstić information content (AvgIpc) is 2.83. The maximum atomic E-state index is 11.0. The van der Waals surface area contributed by atoms with E-state index in [9.17, 15) is 8.42 Å². The zero-order valence-corrected chi connectivity index (χ0v) is 11.3. The summed E-state index contributed by atoms with van der Waals surface area (Å²) >= 11 is 0. The fraction of sp³-hybridized carbons (Fsp3) is 0.364. The second-order valence-electron chi connectivity index (χ2n) is 4.15. The standard InChI is InChI=1S/C11H15N5O2S/c1-19(17,18)8-7-12-9-11-13-14-15-16(11)10-5-3-2-4-6-10/h2-6,12H,7-9H2,1H3. The summed E-state index contributed by atoms with van der Waals surface area (Å²) in [4.78, 5) is 0. The van der Waals surface area contributed by atoms with E-state index >= 15 is 0 Å². The molecule has 0 atom stereocenters. The van der Waals surface area contributed by atoms with Gasteiger partial charge in [-0.15, -0.1) is 5.10 Å². The van der Waals surface area contributed by atoms with Crippen molar-refractivity contribution in [1.29, 1.82) is 0 Å². The van der Waals surface area contributed by atoms with Crippen molar-refractivity contribution in [3.63, 3.8) is 0 Å². The van der Waals surface area contributed by atoms with Gasteiger partial charge in [-0.3, -0.25) is 0 Å². The summed E-state index contributed by atoms with van der Waals surface area (Å²) < 4.78 is 23.6. The van der Waals surface area contributed by atoms with Crippen LogP contribution in [0.5, 0.6) is 0 Å². The molecule has 0 saturated carbocycles. The van der Waals surface area contributed by atoms with Crippen LogP contribution in [0.1, 0.15) is 5.82 Å². The summed E-state index contributed by atoms with van der Waals surface area (Å²) in [6.07, 6.45) is 1.21. The zero-order chi connectivity index (χ0) is 13.7. The Balaban J connectivity index is 1.97. The zero-order valence-electron chi connectivity index (χ0n) is 10.5. The average molecular weight is 281 g/mol. The van der Waals surface area contributed by atoms with Crippen LogP contribution >= 0.6 is 0 Å². The second kappa shape index (κ2) is 5.89. The number of benzene rings is 1. The predicted octanol–water partition coefficient (Wildman–Crippen LogP) is -0.203. The molecule has 0 unspecified atom stereocenters. The molecule has 2 rings (SSSR count). The van der Waals surface area contributed by atoms with Gasteiger partial charge in [-0.2, -0.15) is 4.68 Å².